The standard InChI is InChI=1S/C17H27NO2/c18-12-8-16(19)15-6-4-5-14(13-15)7-11-17(20)9-2-1-3-10-17/h4-6,13,16,19-20H,1-3,7-12,18H2/t16-/m1/s1. The second-order valence-corrected chi connectivity index (χ2v) is 6.12. The van der Waals surface area contributed by atoms with Crippen molar-refractivity contribution in [1.82, 2.24) is 0 Å². The van der Waals surface area contributed by atoms with Crippen LogP contribution in [0.4, 0.5) is 0 Å². The van der Waals surface area contributed by atoms with Crippen molar-refractivity contribution >= 4 is 0 Å². The Bertz CT molecular complexity index is 413. The molecule has 0 heterocycles. The Kier molecular flexibility index (Phi) is 5.58. The minimum atomic E-state index is -0.474. The number of hydrogen-bond donors (Lipinski definition) is 3. The van der Waals surface area contributed by atoms with Gasteiger partial charge in [-0.3, -0.25) is 0 Å². The number of rotatable bonds is 6. The molecule has 1 aliphatic rings. The summed E-state index contributed by atoms with van der Waals surface area (Å²) in [6.45, 7) is 0.491. The average molecular weight is 277 g/mol. The van der Waals surface area contributed by atoms with Crippen LogP contribution in [0.1, 0.15) is 62.2 Å². The molecule has 3 heteroatoms. The third kappa shape index (κ3) is 4.30. The zero-order valence-corrected chi connectivity index (χ0v) is 12.2. The highest BCUT2D eigenvalue weighted by Crippen LogP contribution is 2.32. The quantitative estimate of drug-likeness (QED) is 0.749. The molecule has 0 unspecified atom stereocenters. The lowest BCUT2D eigenvalue weighted by Gasteiger charge is -2.32. The lowest BCUT2D eigenvalue weighted by molar-refractivity contribution is -0.00342. The summed E-state index contributed by atoms with van der Waals surface area (Å²) in [5.74, 6) is 0. The lowest BCUT2D eigenvalue weighted by Crippen LogP contribution is -2.31. The molecule has 0 bridgehead atoms. The van der Waals surface area contributed by atoms with Gasteiger partial charge in [0.25, 0.3) is 0 Å². The molecule has 0 aliphatic heterocycles. The lowest BCUT2D eigenvalue weighted by atomic mass is 9.81. The molecule has 0 aromatic heterocycles. The summed E-state index contributed by atoms with van der Waals surface area (Å²) in [5, 5.41) is 20.5. The van der Waals surface area contributed by atoms with Gasteiger partial charge in [-0.15, -0.1) is 0 Å². The predicted octanol–water partition coefficient (Wildman–Crippen LogP) is 2.70. The molecule has 3 nitrogen and oxygen atoms in total. The summed E-state index contributed by atoms with van der Waals surface area (Å²) in [4.78, 5) is 0. The van der Waals surface area contributed by atoms with Crippen LogP contribution in [0.25, 0.3) is 0 Å². The van der Waals surface area contributed by atoms with Crippen molar-refractivity contribution in [2.75, 3.05) is 6.54 Å². The van der Waals surface area contributed by atoms with Gasteiger partial charge in [-0.25, -0.2) is 0 Å². The first-order valence-corrected chi connectivity index (χ1v) is 7.82. The number of nitrogens with two attached hydrogens (primary N) is 1. The maximum Gasteiger partial charge on any atom is 0.0802 e. The van der Waals surface area contributed by atoms with E-state index in [2.05, 4.69) is 6.07 Å². The number of benzene rings is 1. The first-order valence-electron chi connectivity index (χ1n) is 7.82. The van der Waals surface area contributed by atoms with Gasteiger partial charge < -0.3 is 15.9 Å². The van der Waals surface area contributed by atoms with Gasteiger partial charge in [-0.05, 0) is 49.8 Å². The molecule has 1 aromatic rings. The van der Waals surface area contributed by atoms with E-state index >= 15 is 0 Å². The van der Waals surface area contributed by atoms with E-state index in [4.69, 9.17) is 5.73 Å². The Morgan fingerprint density at radius 1 is 1.20 bits per heavy atom. The Balaban J connectivity index is 1.94. The number of hydrogen-bond acceptors (Lipinski definition) is 3. The van der Waals surface area contributed by atoms with Crippen molar-refractivity contribution in [3.05, 3.63) is 35.4 Å². The Morgan fingerprint density at radius 2 is 1.95 bits per heavy atom. The van der Waals surface area contributed by atoms with Crippen LogP contribution in [0.5, 0.6) is 0 Å². The highest BCUT2D eigenvalue weighted by Gasteiger charge is 2.28. The van der Waals surface area contributed by atoms with Crippen molar-refractivity contribution < 1.29 is 10.2 Å². The smallest absolute Gasteiger partial charge is 0.0802 e. The SMILES string of the molecule is NCC[C@@H](O)c1cccc(CCC2(O)CCCCC2)c1. The van der Waals surface area contributed by atoms with E-state index in [1.807, 2.05) is 18.2 Å². The highest BCUT2D eigenvalue weighted by molar-refractivity contribution is 5.25. The molecule has 1 fully saturated rings. The van der Waals surface area contributed by atoms with Gasteiger partial charge in [0.15, 0.2) is 0 Å². The van der Waals surface area contributed by atoms with Gasteiger partial charge in [-0.1, -0.05) is 43.5 Å². The molecule has 2 rings (SSSR count). The van der Waals surface area contributed by atoms with E-state index in [0.29, 0.717) is 13.0 Å². The fourth-order valence-electron chi connectivity index (χ4n) is 3.12. The van der Waals surface area contributed by atoms with Gasteiger partial charge in [0.1, 0.15) is 0 Å². The van der Waals surface area contributed by atoms with E-state index in [-0.39, 0.29) is 0 Å². The molecule has 4 N–H and O–H groups in total. The van der Waals surface area contributed by atoms with Crippen LogP contribution in [0, 0.1) is 0 Å². The zero-order chi connectivity index (χ0) is 14.4. The molecule has 0 amide bonds. The summed E-state index contributed by atoms with van der Waals surface area (Å²) < 4.78 is 0. The van der Waals surface area contributed by atoms with E-state index in [9.17, 15) is 10.2 Å². The van der Waals surface area contributed by atoms with Gasteiger partial charge in [-0.2, -0.15) is 0 Å². The second-order valence-electron chi connectivity index (χ2n) is 6.12. The first kappa shape index (κ1) is 15.5. The van der Waals surface area contributed by atoms with Crippen LogP contribution in [0.2, 0.25) is 0 Å². The van der Waals surface area contributed by atoms with Crippen LogP contribution < -0.4 is 5.73 Å². The molecule has 0 spiro atoms. The topological polar surface area (TPSA) is 66.5 Å². The molecule has 0 saturated heterocycles. The zero-order valence-electron chi connectivity index (χ0n) is 12.2. The van der Waals surface area contributed by atoms with Gasteiger partial charge >= 0.3 is 0 Å². The van der Waals surface area contributed by atoms with E-state index in [1.165, 1.54) is 12.0 Å². The molecular weight excluding hydrogens is 250 g/mol. The molecule has 1 saturated carbocycles. The molecule has 20 heavy (non-hydrogen) atoms. The molecule has 0 radical (unpaired) electrons. The fourth-order valence-corrected chi connectivity index (χ4v) is 3.12. The number of aliphatic hydroxyl groups is 2. The maximum atomic E-state index is 10.5. The van der Waals surface area contributed by atoms with Gasteiger partial charge in [0, 0.05) is 0 Å². The average Bonchev–Trinajstić information content (AvgIpc) is 2.47. The van der Waals surface area contributed by atoms with Gasteiger partial charge in [0.05, 0.1) is 11.7 Å². The van der Waals surface area contributed by atoms with Crippen LogP contribution >= 0.6 is 0 Å². The van der Waals surface area contributed by atoms with Crippen molar-refractivity contribution in [2.45, 2.75) is 63.1 Å². The van der Waals surface area contributed by atoms with Crippen LogP contribution in [0.3, 0.4) is 0 Å². The number of aryl methyl sites for hydroxylation is 1. The van der Waals surface area contributed by atoms with E-state index in [0.717, 1.165) is 44.1 Å². The highest BCUT2D eigenvalue weighted by atomic mass is 16.3. The molecule has 1 aliphatic carbocycles. The Morgan fingerprint density at radius 3 is 2.65 bits per heavy atom. The first-order chi connectivity index (χ1) is 9.63. The summed E-state index contributed by atoms with van der Waals surface area (Å²) in [5.41, 5.74) is 7.14. The van der Waals surface area contributed by atoms with Crippen molar-refractivity contribution in [1.29, 1.82) is 0 Å². The van der Waals surface area contributed by atoms with Gasteiger partial charge in [0.2, 0.25) is 0 Å². The second kappa shape index (κ2) is 7.21. The van der Waals surface area contributed by atoms with E-state index in [1.54, 1.807) is 0 Å². The molecular formula is C17H27NO2. The fraction of sp³-hybridized carbons (Fsp3) is 0.647. The monoisotopic (exact) mass is 277 g/mol. The maximum absolute atomic E-state index is 10.5. The molecule has 1 atom stereocenters. The summed E-state index contributed by atoms with van der Waals surface area (Å²) in [6.07, 6.45) is 7.22. The third-order valence-electron chi connectivity index (χ3n) is 4.44. The molecule has 112 valence electrons. The summed E-state index contributed by atoms with van der Waals surface area (Å²) >= 11 is 0. The number of aliphatic hydroxyl groups excluding tert-OH is 1. The Labute approximate surface area is 121 Å². The Hall–Kier alpha value is -0.900. The third-order valence-corrected chi connectivity index (χ3v) is 4.44. The van der Waals surface area contributed by atoms with Crippen molar-refractivity contribution in [2.24, 2.45) is 5.73 Å². The van der Waals surface area contributed by atoms with Crippen LogP contribution in [-0.2, 0) is 6.42 Å². The van der Waals surface area contributed by atoms with E-state index < -0.39 is 11.7 Å². The summed E-state index contributed by atoms with van der Waals surface area (Å²) in [6, 6.07) is 8.05. The normalized spacial score (nSPS) is 19.8. The van der Waals surface area contributed by atoms with Crippen molar-refractivity contribution in [3.63, 3.8) is 0 Å². The predicted molar refractivity (Wildman–Crippen MR) is 81.4 cm³/mol. The van der Waals surface area contributed by atoms with Crippen LogP contribution in [-0.4, -0.2) is 22.4 Å². The largest absolute Gasteiger partial charge is 0.390 e. The minimum Gasteiger partial charge on any atom is -0.390 e. The van der Waals surface area contributed by atoms with Crippen LogP contribution in [0.15, 0.2) is 24.3 Å². The summed E-state index contributed by atoms with van der Waals surface area (Å²) in [7, 11) is 0. The van der Waals surface area contributed by atoms with Crippen molar-refractivity contribution in [3.8, 4) is 0 Å². The minimum absolute atomic E-state index is 0.468. The molecule has 1 aromatic carbocycles.